The summed E-state index contributed by atoms with van der Waals surface area (Å²) in [5.74, 6) is -0.967. The normalized spacial score (nSPS) is 11.5. The molecule has 0 saturated carbocycles. The third kappa shape index (κ3) is 4.70. The van der Waals surface area contributed by atoms with Crippen molar-refractivity contribution in [3.05, 3.63) is 51.2 Å². The predicted molar refractivity (Wildman–Crippen MR) is 102 cm³/mol. The van der Waals surface area contributed by atoms with Gasteiger partial charge in [0.25, 0.3) is 5.91 Å². The van der Waals surface area contributed by atoms with Gasteiger partial charge in [0.05, 0.1) is 11.3 Å². The molecule has 0 aliphatic rings. The molecular weight excluding hydrogens is 348 g/mol. The number of hydrogen-bond acceptors (Lipinski definition) is 5. The summed E-state index contributed by atoms with van der Waals surface area (Å²) in [5, 5.41) is 11.7. The van der Waals surface area contributed by atoms with Gasteiger partial charge in [-0.1, -0.05) is 32.4 Å². The van der Waals surface area contributed by atoms with Gasteiger partial charge >= 0.3 is 5.97 Å². The van der Waals surface area contributed by atoms with E-state index in [9.17, 15) is 9.59 Å². The summed E-state index contributed by atoms with van der Waals surface area (Å²) in [6.07, 6.45) is 1.84. The van der Waals surface area contributed by atoms with Gasteiger partial charge in [-0.25, -0.2) is 4.79 Å². The zero-order valence-electron chi connectivity index (χ0n) is 15.2. The van der Waals surface area contributed by atoms with Crippen LogP contribution in [-0.2, 0) is 22.4 Å². The summed E-state index contributed by atoms with van der Waals surface area (Å²) in [7, 11) is 0. The summed E-state index contributed by atoms with van der Waals surface area (Å²) < 4.78 is 5.31. The van der Waals surface area contributed by atoms with Crippen molar-refractivity contribution in [1.29, 1.82) is 5.26 Å². The minimum atomic E-state index is -0.962. The highest BCUT2D eigenvalue weighted by Gasteiger charge is 2.22. The summed E-state index contributed by atoms with van der Waals surface area (Å²) in [6, 6.07) is 10.6. The lowest BCUT2D eigenvalue weighted by Gasteiger charge is -2.13. The fourth-order valence-corrected chi connectivity index (χ4v) is 3.74. The third-order valence-electron chi connectivity index (χ3n) is 3.91. The van der Waals surface area contributed by atoms with Crippen LogP contribution in [0, 0.1) is 11.3 Å². The fraction of sp³-hybridized carbons (Fsp3) is 0.350. The highest BCUT2D eigenvalue weighted by Crippen LogP contribution is 2.25. The molecule has 1 atom stereocenters. The first-order chi connectivity index (χ1) is 12.5. The molecule has 0 unspecified atom stereocenters. The van der Waals surface area contributed by atoms with Crippen LogP contribution >= 0.6 is 11.3 Å². The standard InChI is InChI=1S/C20H22N2O3S/c1-4-8-17-14(5-2)11-18(26-17)20(24)25-13(3)19(23)22-16-10-7-6-9-15(16)12-21/h6-7,9-11,13H,4-5,8H2,1-3H3,(H,22,23)/t13-/m1/s1. The number of benzene rings is 1. The Morgan fingerprint density at radius 3 is 2.69 bits per heavy atom. The molecule has 1 aromatic carbocycles. The van der Waals surface area contributed by atoms with Gasteiger partial charge in [-0.05, 0) is 43.5 Å². The van der Waals surface area contributed by atoms with Crippen LogP contribution in [0.1, 0.15) is 52.9 Å². The van der Waals surface area contributed by atoms with E-state index in [4.69, 9.17) is 10.00 Å². The number of carbonyl (C=O) groups is 2. The smallest absolute Gasteiger partial charge is 0.349 e. The number of amides is 1. The number of nitriles is 1. The molecule has 0 spiro atoms. The van der Waals surface area contributed by atoms with Crippen LogP contribution in [0.5, 0.6) is 0 Å². The van der Waals surface area contributed by atoms with Gasteiger partial charge in [0.15, 0.2) is 6.10 Å². The molecule has 2 aromatic rings. The van der Waals surface area contributed by atoms with Gasteiger partial charge in [0, 0.05) is 4.88 Å². The molecule has 1 heterocycles. The first-order valence-electron chi connectivity index (χ1n) is 8.62. The fourth-order valence-electron chi connectivity index (χ4n) is 2.50. The van der Waals surface area contributed by atoms with Crippen LogP contribution in [0.25, 0.3) is 0 Å². The number of rotatable bonds is 7. The topological polar surface area (TPSA) is 79.2 Å². The largest absolute Gasteiger partial charge is 0.448 e. The lowest BCUT2D eigenvalue weighted by Crippen LogP contribution is -2.30. The monoisotopic (exact) mass is 370 g/mol. The lowest BCUT2D eigenvalue weighted by molar-refractivity contribution is -0.123. The van der Waals surface area contributed by atoms with E-state index in [2.05, 4.69) is 19.2 Å². The second-order valence-corrected chi connectivity index (χ2v) is 6.99. The molecule has 0 aliphatic carbocycles. The van der Waals surface area contributed by atoms with Gasteiger partial charge in [-0.2, -0.15) is 5.26 Å². The SMILES string of the molecule is CCCc1sc(C(=O)O[C@H](C)C(=O)Nc2ccccc2C#N)cc1CC. The maximum Gasteiger partial charge on any atom is 0.349 e. The second-order valence-electron chi connectivity index (χ2n) is 5.86. The summed E-state index contributed by atoms with van der Waals surface area (Å²) in [4.78, 5) is 26.4. The lowest BCUT2D eigenvalue weighted by atomic mass is 10.1. The van der Waals surface area contributed by atoms with Crippen LogP contribution in [0.2, 0.25) is 0 Å². The quantitative estimate of drug-likeness (QED) is 0.736. The van der Waals surface area contributed by atoms with Crippen molar-refractivity contribution in [2.24, 2.45) is 0 Å². The number of aryl methyl sites for hydroxylation is 2. The van der Waals surface area contributed by atoms with E-state index in [1.54, 1.807) is 24.3 Å². The molecule has 0 fully saturated rings. The molecular formula is C20H22N2O3S. The Labute approximate surface area is 157 Å². The average molecular weight is 370 g/mol. The van der Waals surface area contributed by atoms with Crippen molar-refractivity contribution in [3.63, 3.8) is 0 Å². The number of ether oxygens (including phenoxy) is 1. The van der Waals surface area contributed by atoms with Crippen molar-refractivity contribution in [1.82, 2.24) is 0 Å². The van der Waals surface area contributed by atoms with E-state index >= 15 is 0 Å². The Balaban J connectivity index is 2.04. The first kappa shape index (κ1) is 19.7. The molecule has 5 nitrogen and oxygen atoms in total. The Morgan fingerprint density at radius 2 is 2.04 bits per heavy atom. The molecule has 0 bridgehead atoms. The number of nitrogens with zero attached hydrogens (tertiary/aromatic N) is 1. The number of esters is 1. The van der Waals surface area contributed by atoms with Gasteiger partial charge in [0.2, 0.25) is 0 Å². The Morgan fingerprint density at radius 1 is 1.31 bits per heavy atom. The molecule has 1 amide bonds. The van der Waals surface area contributed by atoms with E-state index < -0.39 is 18.0 Å². The van der Waals surface area contributed by atoms with E-state index in [1.165, 1.54) is 23.1 Å². The number of anilines is 1. The third-order valence-corrected chi connectivity index (χ3v) is 5.13. The van der Waals surface area contributed by atoms with E-state index in [-0.39, 0.29) is 0 Å². The summed E-state index contributed by atoms with van der Waals surface area (Å²) >= 11 is 1.43. The molecule has 136 valence electrons. The van der Waals surface area contributed by atoms with Crippen LogP contribution in [0.4, 0.5) is 5.69 Å². The zero-order valence-corrected chi connectivity index (χ0v) is 16.0. The molecule has 0 saturated heterocycles. The highest BCUT2D eigenvalue weighted by molar-refractivity contribution is 7.14. The summed E-state index contributed by atoms with van der Waals surface area (Å²) in [5.41, 5.74) is 1.91. The van der Waals surface area contributed by atoms with Crippen molar-refractivity contribution in [2.45, 2.75) is 46.1 Å². The average Bonchev–Trinajstić information content (AvgIpc) is 3.05. The van der Waals surface area contributed by atoms with Crippen LogP contribution in [0.15, 0.2) is 30.3 Å². The molecule has 1 aromatic heterocycles. The van der Waals surface area contributed by atoms with E-state index in [0.29, 0.717) is 16.1 Å². The Kier molecular flexibility index (Phi) is 6.93. The van der Waals surface area contributed by atoms with E-state index in [0.717, 1.165) is 24.8 Å². The van der Waals surface area contributed by atoms with Gasteiger partial charge in [-0.15, -0.1) is 11.3 Å². The molecule has 0 radical (unpaired) electrons. The van der Waals surface area contributed by atoms with Crippen LogP contribution < -0.4 is 5.32 Å². The minimum absolute atomic E-state index is 0.356. The molecule has 1 N–H and O–H groups in total. The van der Waals surface area contributed by atoms with Crippen molar-refractivity contribution < 1.29 is 14.3 Å². The predicted octanol–water partition coefficient (Wildman–Crippen LogP) is 4.32. The number of hydrogen-bond donors (Lipinski definition) is 1. The van der Waals surface area contributed by atoms with Gasteiger partial charge in [-0.3, -0.25) is 4.79 Å². The number of para-hydroxylation sites is 1. The summed E-state index contributed by atoms with van der Waals surface area (Å²) in [6.45, 7) is 5.67. The van der Waals surface area contributed by atoms with Crippen molar-refractivity contribution in [2.75, 3.05) is 5.32 Å². The number of thiophene rings is 1. The molecule has 26 heavy (non-hydrogen) atoms. The van der Waals surface area contributed by atoms with Crippen molar-refractivity contribution >= 4 is 28.9 Å². The number of nitrogens with one attached hydrogen (secondary N) is 1. The van der Waals surface area contributed by atoms with Crippen LogP contribution in [0.3, 0.4) is 0 Å². The zero-order chi connectivity index (χ0) is 19.1. The maximum absolute atomic E-state index is 12.4. The highest BCUT2D eigenvalue weighted by atomic mass is 32.1. The maximum atomic E-state index is 12.4. The van der Waals surface area contributed by atoms with Gasteiger partial charge < -0.3 is 10.1 Å². The van der Waals surface area contributed by atoms with E-state index in [1.807, 2.05) is 12.1 Å². The Bertz CT molecular complexity index is 836. The molecule has 2 rings (SSSR count). The second kappa shape index (κ2) is 9.16. The molecule has 0 aliphatic heterocycles. The van der Waals surface area contributed by atoms with Crippen molar-refractivity contribution in [3.8, 4) is 6.07 Å². The number of carbonyl (C=O) groups excluding carboxylic acids is 2. The Hall–Kier alpha value is -2.65. The van der Waals surface area contributed by atoms with Crippen LogP contribution in [-0.4, -0.2) is 18.0 Å². The minimum Gasteiger partial charge on any atom is -0.448 e. The van der Waals surface area contributed by atoms with Gasteiger partial charge in [0.1, 0.15) is 10.9 Å². The first-order valence-corrected chi connectivity index (χ1v) is 9.44. The molecule has 6 heteroatoms.